The molecule has 1 amide bonds. The van der Waals surface area contributed by atoms with Gasteiger partial charge in [-0.05, 0) is 66.7 Å². The lowest BCUT2D eigenvalue weighted by atomic mass is 10.2. The maximum Gasteiger partial charge on any atom is 0.264 e. The zero-order valence-electron chi connectivity index (χ0n) is 18.5. The normalized spacial score (nSPS) is 11.0. The molecular formula is C25H22N4O4S2. The van der Waals surface area contributed by atoms with Crippen LogP contribution in [0.3, 0.4) is 0 Å². The van der Waals surface area contributed by atoms with Gasteiger partial charge < -0.3 is 10.1 Å². The molecule has 1 heterocycles. The minimum atomic E-state index is -3.84. The quantitative estimate of drug-likeness (QED) is 0.237. The van der Waals surface area contributed by atoms with E-state index in [4.69, 9.17) is 4.74 Å². The van der Waals surface area contributed by atoms with Gasteiger partial charge in [-0.1, -0.05) is 18.2 Å². The number of hydrogen-bond donors (Lipinski definition) is 2. The molecule has 0 fully saturated rings. The third-order valence-electron chi connectivity index (χ3n) is 4.69. The summed E-state index contributed by atoms with van der Waals surface area (Å²) < 4.78 is 33.0. The van der Waals surface area contributed by atoms with E-state index in [2.05, 4.69) is 32.1 Å². The van der Waals surface area contributed by atoms with Crippen molar-refractivity contribution in [1.29, 1.82) is 0 Å². The second-order valence-electron chi connectivity index (χ2n) is 7.19. The van der Waals surface area contributed by atoms with Gasteiger partial charge in [-0.2, -0.15) is 0 Å². The van der Waals surface area contributed by atoms with Gasteiger partial charge in [-0.25, -0.2) is 23.1 Å². The van der Waals surface area contributed by atoms with E-state index in [-0.39, 0.29) is 16.8 Å². The van der Waals surface area contributed by atoms with E-state index < -0.39 is 10.0 Å². The molecule has 3 aromatic carbocycles. The molecular weight excluding hydrogens is 484 g/mol. The summed E-state index contributed by atoms with van der Waals surface area (Å²) in [5.74, 6) is 1.15. The largest absolute Gasteiger partial charge is 0.493 e. The zero-order chi connectivity index (χ0) is 24.5. The molecule has 4 aromatic rings. The molecule has 0 aliphatic rings. The molecule has 0 bridgehead atoms. The van der Waals surface area contributed by atoms with Gasteiger partial charge in [0, 0.05) is 34.3 Å². The zero-order valence-corrected chi connectivity index (χ0v) is 20.1. The number of rotatable bonds is 10. The van der Waals surface area contributed by atoms with Gasteiger partial charge in [-0.3, -0.25) is 4.79 Å². The molecule has 0 saturated heterocycles. The molecule has 8 nitrogen and oxygen atoms in total. The Morgan fingerprint density at radius 3 is 2.23 bits per heavy atom. The van der Waals surface area contributed by atoms with Crippen LogP contribution in [0, 0.1) is 0 Å². The second-order valence-corrected chi connectivity index (χ2v) is 10.0. The van der Waals surface area contributed by atoms with Gasteiger partial charge >= 0.3 is 0 Å². The van der Waals surface area contributed by atoms with Crippen LogP contribution in [0.15, 0.2) is 107 Å². The van der Waals surface area contributed by atoms with Crippen LogP contribution >= 0.6 is 11.8 Å². The molecule has 0 radical (unpaired) electrons. The third kappa shape index (κ3) is 7.05. The first-order valence-corrected chi connectivity index (χ1v) is 13.1. The summed E-state index contributed by atoms with van der Waals surface area (Å²) in [5, 5.41) is 2.75. The van der Waals surface area contributed by atoms with Crippen molar-refractivity contribution in [2.45, 2.75) is 9.79 Å². The highest BCUT2D eigenvalue weighted by Gasteiger charge is 2.16. The van der Waals surface area contributed by atoms with Gasteiger partial charge in [0.05, 0.1) is 11.5 Å². The van der Waals surface area contributed by atoms with Gasteiger partial charge in [0.15, 0.2) is 0 Å². The molecule has 10 heteroatoms. The summed E-state index contributed by atoms with van der Waals surface area (Å²) in [4.78, 5) is 21.5. The van der Waals surface area contributed by atoms with Crippen LogP contribution in [0.25, 0.3) is 0 Å². The van der Waals surface area contributed by atoms with Gasteiger partial charge in [0.2, 0.25) is 5.95 Å². The van der Waals surface area contributed by atoms with E-state index in [1.807, 2.05) is 18.2 Å². The Hall–Kier alpha value is -3.89. The number of benzene rings is 3. The summed E-state index contributed by atoms with van der Waals surface area (Å²) in [6.07, 6.45) is 2.88. The Kier molecular flexibility index (Phi) is 7.96. The second kappa shape index (κ2) is 11.5. The molecule has 4 rings (SSSR count). The van der Waals surface area contributed by atoms with Crippen molar-refractivity contribution in [3.8, 4) is 5.75 Å². The topological polar surface area (TPSA) is 110 Å². The lowest BCUT2D eigenvalue weighted by Gasteiger charge is -2.09. The minimum absolute atomic E-state index is 0.0211. The van der Waals surface area contributed by atoms with Crippen molar-refractivity contribution in [3.05, 3.63) is 103 Å². The van der Waals surface area contributed by atoms with Crippen molar-refractivity contribution < 1.29 is 17.9 Å². The van der Waals surface area contributed by atoms with E-state index >= 15 is 0 Å². The monoisotopic (exact) mass is 506 g/mol. The SMILES string of the molecule is O=C(Nc1ccc(S(=O)(=O)Nc2ncccn2)cc1)c1ccc(OCCSc2ccccc2)cc1. The number of nitrogens with one attached hydrogen (secondary N) is 2. The van der Waals surface area contributed by atoms with Gasteiger partial charge in [-0.15, -0.1) is 11.8 Å². The van der Waals surface area contributed by atoms with Crippen LogP contribution < -0.4 is 14.8 Å². The summed E-state index contributed by atoms with van der Waals surface area (Å²) in [5.41, 5.74) is 0.916. The molecule has 0 aliphatic heterocycles. The highest BCUT2D eigenvalue weighted by molar-refractivity contribution is 7.99. The van der Waals surface area contributed by atoms with Crippen LogP contribution in [0.2, 0.25) is 0 Å². The fourth-order valence-corrected chi connectivity index (χ4v) is 4.70. The number of aromatic nitrogens is 2. The molecule has 1 aromatic heterocycles. The van der Waals surface area contributed by atoms with E-state index in [0.29, 0.717) is 23.6 Å². The molecule has 0 aliphatic carbocycles. The summed E-state index contributed by atoms with van der Waals surface area (Å²) in [6.45, 7) is 0.547. The number of hydrogen-bond acceptors (Lipinski definition) is 7. The Morgan fingerprint density at radius 2 is 1.54 bits per heavy atom. The highest BCUT2D eigenvalue weighted by atomic mass is 32.2. The molecule has 0 atom stereocenters. The third-order valence-corrected chi connectivity index (χ3v) is 7.01. The minimum Gasteiger partial charge on any atom is -0.493 e. The summed E-state index contributed by atoms with van der Waals surface area (Å²) in [6, 6.07) is 24.4. The maximum atomic E-state index is 12.6. The average Bonchev–Trinajstić information content (AvgIpc) is 2.88. The number of ether oxygens (including phenoxy) is 1. The van der Waals surface area contributed by atoms with Crippen LogP contribution in [0.5, 0.6) is 5.75 Å². The molecule has 0 spiro atoms. The fourth-order valence-electron chi connectivity index (χ4n) is 2.99. The van der Waals surface area contributed by atoms with Crippen molar-refractivity contribution in [3.63, 3.8) is 0 Å². The van der Waals surface area contributed by atoms with Crippen molar-refractivity contribution in [2.75, 3.05) is 22.4 Å². The van der Waals surface area contributed by atoms with Crippen molar-refractivity contribution >= 4 is 39.3 Å². The lowest BCUT2D eigenvalue weighted by Crippen LogP contribution is -2.15. The maximum absolute atomic E-state index is 12.6. The summed E-state index contributed by atoms with van der Waals surface area (Å²) >= 11 is 1.71. The number of carbonyl (C=O) groups is 1. The number of nitrogens with zero attached hydrogens (tertiary/aromatic N) is 2. The Morgan fingerprint density at radius 1 is 0.857 bits per heavy atom. The first-order valence-electron chi connectivity index (χ1n) is 10.6. The van der Waals surface area contributed by atoms with Gasteiger partial charge in [0.1, 0.15) is 5.75 Å². The number of amides is 1. The number of carbonyl (C=O) groups excluding carboxylic acids is 1. The highest BCUT2D eigenvalue weighted by Crippen LogP contribution is 2.20. The number of anilines is 2. The molecule has 0 unspecified atom stereocenters. The average molecular weight is 507 g/mol. The van der Waals surface area contributed by atoms with Crippen LogP contribution in [-0.4, -0.2) is 36.7 Å². The van der Waals surface area contributed by atoms with Crippen molar-refractivity contribution in [1.82, 2.24) is 9.97 Å². The lowest BCUT2D eigenvalue weighted by molar-refractivity contribution is 0.102. The molecule has 178 valence electrons. The predicted octanol–water partition coefficient (Wildman–Crippen LogP) is 4.70. The Balaban J connectivity index is 1.28. The first kappa shape index (κ1) is 24.2. The molecule has 35 heavy (non-hydrogen) atoms. The van der Waals surface area contributed by atoms with Crippen molar-refractivity contribution in [2.24, 2.45) is 0 Å². The van der Waals surface area contributed by atoms with E-state index in [1.54, 1.807) is 42.1 Å². The number of sulfonamides is 1. The van der Waals surface area contributed by atoms with Crippen LogP contribution in [0.4, 0.5) is 11.6 Å². The molecule has 2 N–H and O–H groups in total. The van der Waals surface area contributed by atoms with Crippen LogP contribution in [-0.2, 0) is 10.0 Å². The van der Waals surface area contributed by atoms with E-state index in [0.717, 1.165) is 5.75 Å². The Labute approximate surface area is 207 Å². The summed E-state index contributed by atoms with van der Waals surface area (Å²) in [7, 11) is -3.84. The Bertz CT molecular complexity index is 1350. The van der Waals surface area contributed by atoms with E-state index in [9.17, 15) is 13.2 Å². The number of thioether (sulfide) groups is 1. The molecule has 0 saturated carbocycles. The fraction of sp³-hybridized carbons (Fsp3) is 0.0800. The first-order chi connectivity index (χ1) is 17.0. The van der Waals surface area contributed by atoms with Crippen LogP contribution in [0.1, 0.15) is 10.4 Å². The standard InChI is InChI=1S/C25H22N4O4S2/c30-24(19-7-11-21(12-8-19)33-17-18-34-22-5-2-1-3-6-22)28-20-9-13-23(14-10-20)35(31,32)29-25-26-15-4-16-27-25/h1-16H,17-18H2,(H,28,30)(H,26,27,29). The predicted molar refractivity (Wildman–Crippen MR) is 136 cm³/mol. The van der Waals surface area contributed by atoms with E-state index in [1.165, 1.54) is 41.6 Å². The smallest absolute Gasteiger partial charge is 0.264 e. The van der Waals surface area contributed by atoms with Gasteiger partial charge in [0.25, 0.3) is 15.9 Å².